The minimum Gasteiger partial charge on any atom is -0.496 e. The predicted octanol–water partition coefficient (Wildman–Crippen LogP) is 5.87. The molecule has 32 heavy (non-hydrogen) atoms. The minimum absolute atomic E-state index is 0.242. The molecule has 0 spiro atoms. The number of nitrogens with zero attached hydrogens (tertiary/aromatic N) is 1. The Bertz CT molecular complexity index is 1220. The normalized spacial score (nSPS) is 16.2. The second-order valence-corrected chi connectivity index (χ2v) is 9.74. The van der Waals surface area contributed by atoms with Crippen LogP contribution in [0.2, 0.25) is 0 Å². The molecule has 0 aromatic heterocycles. The third-order valence-electron chi connectivity index (χ3n) is 6.22. The zero-order valence-electron chi connectivity index (χ0n) is 19.7. The molecule has 1 atom stereocenters. The molecule has 4 rings (SSSR count). The summed E-state index contributed by atoms with van der Waals surface area (Å²) in [6.07, 6.45) is 1.39. The van der Waals surface area contributed by atoms with Crippen molar-refractivity contribution in [3.05, 3.63) is 52.6 Å². The highest BCUT2D eigenvalue weighted by Crippen LogP contribution is 2.41. The molecule has 0 bridgehead atoms. The fourth-order valence-corrected chi connectivity index (χ4v) is 4.76. The largest absolute Gasteiger partial charge is 0.496 e. The van der Waals surface area contributed by atoms with E-state index in [4.69, 9.17) is 9.47 Å². The number of aryl methyl sites for hydroxylation is 2. The van der Waals surface area contributed by atoms with Crippen molar-refractivity contribution in [1.82, 2.24) is 4.90 Å². The van der Waals surface area contributed by atoms with Crippen molar-refractivity contribution < 1.29 is 19.1 Å². The number of fused-ring (bicyclic) bond motifs is 6. The van der Waals surface area contributed by atoms with Crippen LogP contribution in [0.4, 0.5) is 4.79 Å². The van der Waals surface area contributed by atoms with Crippen LogP contribution in [-0.4, -0.2) is 36.0 Å². The molecule has 0 saturated heterocycles. The lowest BCUT2D eigenvalue weighted by atomic mass is 9.83. The molecule has 1 amide bonds. The molecule has 1 heterocycles. The fraction of sp³-hybridized carbons (Fsp3) is 0.407. The first-order valence-corrected chi connectivity index (χ1v) is 11.1. The van der Waals surface area contributed by atoms with Gasteiger partial charge in [-0.05, 0) is 91.4 Å². The molecule has 0 radical (unpaired) electrons. The molecule has 168 valence electrons. The van der Waals surface area contributed by atoms with Gasteiger partial charge in [-0.3, -0.25) is 0 Å². The summed E-state index contributed by atoms with van der Waals surface area (Å²) >= 11 is 0. The maximum Gasteiger partial charge on any atom is 0.410 e. The quantitative estimate of drug-likeness (QED) is 0.383. The maximum atomic E-state index is 13.1. The van der Waals surface area contributed by atoms with Crippen molar-refractivity contribution in [3.63, 3.8) is 0 Å². The predicted molar refractivity (Wildman–Crippen MR) is 127 cm³/mol. The highest BCUT2D eigenvalue weighted by Gasteiger charge is 2.34. The summed E-state index contributed by atoms with van der Waals surface area (Å²) in [5.74, 6) is 0.841. The third kappa shape index (κ3) is 3.92. The highest BCUT2D eigenvalue weighted by atomic mass is 16.6. The van der Waals surface area contributed by atoms with E-state index in [1.165, 1.54) is 21.9 Å². The van der Waals surface area contributed by atoms with Gasteiger partial charge >= 0.3 is 6.09 Å². The zero-order chi connectivity index (χ0) is 23.2. The fourth-order valence-electron chi connectivity index (χ4n) is 4.76. The third-order valence-corrected chi connectivity index (χ3v) is 6.22. The van der Waals surface area contributed by atoms with Gasteiger partial charge in [0.15, 0.2) is 0 Å². The summed E-state index contributed by atoms with van der Waals surface area (Å²) in [7, 11) is 1.69. The molecule has 5 nitrogen and oxygen atoms in total. The Labute approximate surface area is 189 Å². The van der Waals surface area contributed by atoms with Gasteiger partial charge in [-0.2, -0.15) is 0 Å². The number of carbonyl (C=O) groups is 2. The maximum absolute atomic E-state index is 13.1. The molecule has 0 fully saturated rings. The summed E-state index contributed by atoms with van der Waals surface area (Å²) in [5, 5.41) is 4.61. The molecule has 3 aromatic carbocycles. The number of methoxy groups -OCH3 is 1. The topological polar surface area (TPSA) is 55.8 Å². The first-order chi connectivity index (χ1) is 15.1. The van der Waals surface area contributed by atoms with Crippen LogP contribution in [-0.2, 0) is 22.5 Å². The number of hydrogen-bond acceptors (Lipinski definition) is 4. The van der Waals surface area contributed by atoms with Gasteiger partial charge in [-0.1, -0.05) is 23.8 Å². The van der Waals surface area contributed by atoms with Crippen LogP contribution in [0.3, 0.4) is 0 Å². The van der Waals surface area contributed by atoms with E-state index in [0.717, 1.165) is 33.9 Å². The Morgan fingerprint density at radius 3 is 2.44 bits per heavy atom. The van der Waals surface area contributed by atoms with Gasteiger partial charge in [-0.25, -0.2) is 4.79 Å². The number of ether oxygens (including phenoxy) is 2. The molecule has 0 aliphatic carbocycles. The smallest absolute Gasteiger partial charge is 0.410 e. The van der Waals surface area contributed by atoms with Gasteiger partial charge < -0.3 is 19.2 Å². The van der Waals surface area contributed by atoms with Gasteiger partial charge in [0.25, 0.3) is 0 Å². The first-order valence-electron chi connectivity index (χ1n) is 11.1. The molecule has 3 aromatic rings. The molecule has 5 heteroatoms. The van der Waals surface area contributed by atoms with E-state index < -0.39 is 5.60 Å². The second kappa shape index (κ2) is 8.12. The van der Waals surface area contributed by atoms with E-state index in [0.29, 0.717) is 13.0 Å². The minimum atomic E-state index is -0.601. The van der Waals surface area contributed by atoms with E-state index in [9.17, 15) is 9.59 Å². The number of rotatable bonds is 3. The van der Waals surface area contributed by atoms with Crippen molar-refractivity contribution >= 4 is 33.9 Å². The summed E-state index contributed by atoms with van der Waals surface area (Å²) in [6, 6.07) is 10.5. The van der Waals surface area contributed by atoms with Gasteiger partial charge in [0, 0.05) is 12.5 Å². The number of carbonyl (C=O) groups excluding carboxylic acids is 2. The van der Waals surface area contributed by atoms with Crippen LogP contribution in [0.1, 0.15) is 49.4 Å². The van der Waals surface area contributed by atoms with Crippen LogP contribution in [0.25, 0.3) is 21.5 Å². The van der Waals surface area contributed by atoms with Crippen LogP contribution in [0.5, 0.6) is 5.75 Å². The monoisotopic (exact) mass is 433 g/mol. The lowest BCUT2D eigenvalue weighted by Gasteiger charge is -2.38. The Morgan fingerprint density at radius 2 is 1.78 bits per heavy atom. The average molecular weight is 434 g/mol. The summed E-state index contributed by atoms with van der Waals surface area (Å²) < 4.78 is 11.3. The average Bonchev–Trinajstić information content (AvgIpc) is 2.72. The van der Waals surface area contributed by atoms with Gasteiger partial charge in [0.1, 0.15) is 17.6 Å². The van der Waals surface area contributed by atoms with E-state index in [2.05, 4.69) is 44.2 Å². The zero-order valence-corrected chi connectivity index (χ0v) is 19.7. The molecular formula is C27H31NO4. The Balaban J connectivity index is 1.98. The van der Waals surface area contributed by atoms with Crippen molar-refractivity contribution in [2.24, 2.45) is 0 Å². The molecule has 1 aliphatic heterocycles. The Hall–Kier alpha value is -3.08. The molecule has 0 saturated carbocycles. The summed E-state index contributed by atoms with van der Waals surface area (Å²) in [6.45, 7) is 10.1. The van der Waals surface area contributed by atoms with Crippen LogP contribution >= 0.6 is 0 Å². The van der Waals surface area contributed by atoms with E-state index >= 15 is 0 Å². The van der Waals surface area contributed by atoms with Crippen LogP contribution in [0.15, 0.2) is 30.3 Å². The van der Waals surface area contributed by atoms with Crippen molar-refractivity contribution in [2.45, 2.75) is 65.6 Å². The van der Waals surface area contributed by atoms with E-state index in [1.54, 1.807) is 12.0 Å². The standard InChI is InChI=1S/C27H31NO4/c1-16-7-8-19-20(11-16)21-12-17(2)25(31-6)14-23(21)22-13-18(9-10-29)28(15-24(19)22)26(30)32-27(3,4)5/h7-8,10-12,14,18H,9,13,15H2,1-6H3/t18-/m1/s1. The highest BCUT2D eigenvalue weighted by molar-refractivity contribution is 6.12. The van der Waals surface area contributed by atoms with E-state index in [1.807, 2.05) is 20.8 Å². The molecule has 0 N–H and O–H groups in total. The summed E-state index contributed by atoms with van der Waals surface area (Å²) in [4.78, 5) is 26.3. The van der Waals surface area contributed by atoms with Crippen molar-refractivity contribution in [3.8, 4) is 5.75 Å². The SMILES string of the molecule is COc1cc2c3c(c4ccc(C)cc4c2cc1C)CN(C(=O)OC(C)(C)C)[C@H](CC=O)C3. The summed E-state index contributed by atoms with van der Waals surface area (Å²) in [5.41, 5.74) is 3.97. The Kier molecular flexibility index (Phi) is 5.61. The van der Waals surface area contributed by atoms with Crippen molar-refractivity contribution in [2.75, 3.05) is 7.11 Å². The first kappa shape index (κ1) is 22.1. The van der Waals surface area contributed by atoms with Gasteiger partial charge in [0.05, 0.1) is 13.7 Å². The van der Waals surface area contributed by atoms with Crippen LogP contribution in [0, 0.1) is 13.8 Å². The number of aldehydes is 1. The molecular weight excluding hydrogens is 402 g/mol. The lowest BCUT2D eigenvalue weighted by Crippen LogP contribution is -2.46. The number of benzene rings is 3. The number of hydrogen-bond donors (Lipinski definition) is 0. The number of amides is 1. The van der Waals surface area contributed by atoms with Crippen molar-refractivity contribution in [1.29, 1.82) is 0 Å². The van der Waals surface area contributed by atoms with Gasteiger partial charge in [0.2, 0.25) is 0 Å². The second-order valence-electron chi connectivity index (χ2n) is 9.74. The molecule has 0 unspecified atom stereocenters. The van der Waals surface area contributed by atoms with E-state index in [-0.39, 0.29) is 18.6 Å². The lowest BCUT2D eigenvalue weighted by molar-refractivity contribution is -0.109. The molecule has 1 aliphatic rings. The van der Waals surface area contributed by atoms with Crippen LogP contribution < -0.4 is 4.74 Å². The Morgan fingerprint density at radius 1 is 1.06 bits per heavy atom. The van der Waals surface area contributed by atoms with Gasteiger partial charge in [-0.15, -0.1) is 0 Å².